The van der Waals surface area contributed by atoms with Crippen molar-refractivity contribution in [3.05, 3.63) is 96.3 Å². The molecule has 0 radical (unpaired) electrons. The molecular weight excluding hydrogens is 490 g/mol. The average Bonchev–Trinajstić information content (AvgIpc) is 3.40. The molecule has 0 fully saturated rings. The van der Waals surface area contributed by atoms with Crippen LogP contribution in [-0.4, -0.2) is 52.1 Å². The SMILES string of the molecule is Cc1c(-c2ccc3c(c2)OCCO3)cccc1-c1ccn2c(-c3ccc(CNC[C@@H](O)CO)cc3)cnc2c1. The second-order valence-electron chi connectivity index (χ2n) is 9.79. The van der Waals surface area contributed by atoms with Gasteiger partial charge in [-0.25, -0.2) is 4.98 Å². The molecule has 1 aliphatic rings. The number of rotatable bonds is 8. The molecule has 0 saturated carbocycles. The molecule has 3 heterocycles. The van der Waals surface area contributed by atoms with Crippen LogP contribution in [0.25, 0.3) is 39.2 Å². The van der Waals surface area contributed by atoms with Gasteiger partial charge in [0.05, 0.1) is 24.6 Å². The molecule has 0 bridgehead atoms. The Morgan fingerprint density at radius 2 is 1.62 bits per heavy atom. The van der Waals surface area contributed by atoms with Crippen LogP contribution in [0.5, 0.6) is 11.5 Å². The van der Waals surface area contributed by atoms with E-state index >= 15 is 0 Å². The third kappa shape index (κ3) is 5.12. The van der Waals surface area contributed by atoms with Gasteiger partial charge in [0.15, 0.2) is 11.5 Å². The Morgan fingerprint density at radius 3 is 2.38 bits per heavy atom. The number of aliphatic hydroxyl groups is 2. The summed E-state index contributed by atoms with van der Waals surface area (Å²) in [4.78, 5) is 4.71. The van der Waals surface area contributed by atoms with Gasteiger partial charge in [0.1, 0.15) is 18.9 Å². The maximum Gasteiger partial charge on any atom is 0.161 e. The lowest BCUT2D eigenvalue weighted by molar-refractivity contribution is 0.0942. The second-order valence-corrected chi connectivity index (χ2v) is 9.79. The Labute approximate surface area is 227 Å². The van der Waals surface area contributed by atoms with E-state index in [1.165, 1.54) is 5.56 Å². The standard InChI is InChI=1S/C32H31N3O4/c1-21-27(24-9-10-30-31(15-24)39-14-13-38-30)3-2-4-28(21)25-11-12-35-29(19-34-32(35)16-25)23-7-5-22(6-8-23)17-33-18-26(37)20-36/h2-12,15-16,19,26,33,36-37H,13-14,17-18,20H2,1H3/t26-/m1/s1. The molecular formula is C32H31N3O4. The normalized spacial score (nSPS) is 13.5. The fourth-order valence-electron chi connectivity index (χ4n) is 5.07. The van der Waals surface area contributed by atoms with E-state index in [-0.39, 0.29) is 6.61 Å². The van der Waals surface area contributed by atoms with E-state index in [1.807, 2.05) is 12.3 Å². The number of benzene rings is 3. The number of ether oxygens (including phenoxy) is 2. The van der Waals surface area contributed by atoms with Gasteiger partial charge in [-0.3, -0.25) is 4.40 Å². The third-order valence-corrected chi connectivity index (χ3v) is 7.18. The molecule has 1 aliphatic heterocycles. The van der Waals surface area contributed by atoms with Crippen LogP contribution in [0.3, 0.4) is 0 Å². The van der Waals surface area contributed by atoms with Crippen LogP contribution in [-0.2, 0) is 6.54 Å². The zero-order chi connectivity index (χ0) is 26.8. The summed E-state index contributed by atoms with van der Waals surface area (Å²) in [6, 6.07) is 25.1. The van der Waals surface area contributed by atoms with E-state index in [1.54, 1.807) is 0 Å². The number of hydrogen-bond donors (Lipinski definition) is 3. The quantitative estimate of drug-likeness (QED) is 0.270. The molecule has 2 aromatic heterocycles. The Balaban J connectivity index is 1.25. The highest BCUT2D eigenvalue weighted by atomic mass is 16.6. The van der Waals surface area contributed by atoms with Gasteiger partial charge >= 0.3 is 0 Å². The van der Waals surface area contributed by atoms with Gasteiger partial charge in [0.2, 0.25) is 0 Å². The van der Waals surface area contributed by atoms with Crippen molar-refractivity contribution in [2.24, 2.45) is 0 Å². The number of fused-ring (bicyclic) bond motifs is 2. The minimum Gasteiger partial charge on any atom is -0.486 e. The molecule has 0 amide bonds. The molecule has 7 nitrogen and oxygen atoms in total. The Kier molecular flexibility index (Phi) is 7.02. The minimum absolute atomic E-state index is 0.243. The number of aromatic nitrogens is 2. The lowest BCUT2D eigenvalue weighted by atomic mass is 9.93. The Bertz CT molecular complexity index is 1610. The summed E-state index contributed by atoms with van der Waals surface area (Å²) in [5.74, 6) is 1.59. The van der Waals surface area contributed by atoms with E-state index in [2.05, 4.69) is 89.6 Å². The van der Waals surface area contributed by atoms with Crippen LogP contribution in [0.1, 0.15) is 11.1 Å². The van der Waals surface area contributed by atoms with E-state index in [0.717, 1.165) is 56.2 Å². The maximum atomic E-state index is 9.49. The zero-order valence-electron chi connectivity index (χ0n) is 21.8. The Morgan fingerprint density at radius 1 is 0.897 bits per heavy atom. The van der Waals surface area contributed by atoms with Crippen molar-refractivity contribution in [3.8, 4) is 45.0 Å². The van der Waals surface area contributed by atoms with Gasteiger partial charge in [-0.15, -0.1) is 0 Å². The van der Waals surface area contributed by atoms with Crippen molar-refractivity contribution in [2.45, 2.75) is 19.6 Å². The fourth-order valence-corrected chi connectivity index (χ4v) is 5.07. The van der Waals surface area contributed by atoms with E-state index in [9.17, 15) is 5.11 Å². The van der Waals surface area contributed by atoms with E-state index in [0.29, 0.717) is 26.3 Å². The van der Waals surface area contributed by atoms with Gasteiger partial charge < -0.3 is 25.0 Å². The average molecular weight is 522 g/mol. The maximum absolute atomic E-state index is 9.49. The fraction of sp³-hybridized carbons (Fsp3) is 0.219. The molecule has 3 aromatic carbocycles. The molecule has 3 N–H and O–H groups in total. The molecule has 0 saturated heterocycles. The van der Waals surface area contributed by atoms with Gasteiger partial charge in [-0.2, -0.15) is 0 Å². The molecule has 7 heteroatoms. The minimum atomic E-state index is -0.744. The predicted octanol–water partition coefficient (Wildman–Crippen LogP) is 4.86. The number of imidazole rings is 1. The summed E-state index contributed by atoms with van der Waals surface area (Å²) in [6.45, 7) is 4.04. The van der Waals surface area contributed by atoms with Gasteiger partial charge in [0.25, 0.3) is 0 Å². The molecule has 39 heavy (non-hydrogen) atoms. The first-order valence-corrected chi connectivity index (χ1v) is 13.2. The summed E-state index contributed by atoms with van der Waals surface area (Å²) < 4.78 is 13.6. The number of hydrogen-bond acceptors (Lipinski definition) is 6. The number of pyridine rings is 1. The summed E-state index contributed by atoms with van der Waals surface area (Å²) in [5.41, 5.74) is 9.82. The van der Waals surface area contributed by atoms with Gasteiger partial charge in [-0.1, -0.05) is 48.5 Å². The largest absolute Gasteiger partial charge is 0.486 e. The van der Waals surface area contributed by atoms with Crippen LogP contribution in [0.2, 0.25) is 0 Å². The van der Waals surface area contributed by atoms with Crippen LogP contribution < -0.4 is 14.8 Å². The van der Waals surface area contributed by atoms with Crippen LogP contribution in [0.4, 0.5) is 0 Å². The van der Waals surface area contributed by atoms with E-state index in [4.69, 9.17) is 19.6 Å². The van der Waals surface area contributed by atoms with Crippen molar-refractivity contribution >= 4 is 5.65 Å². The highest BCUT2D eigenvalue weighted by Crippen LogP contribution is 2.38. The smallest absolute Gasteiger partial charge is 0.161 e. The molecule has 0 unspecified atom stereocenters. The summed E-state index contributed by atoms with van der Waals surface area (Å²) in [5, 5.41) is 21.6. The highest BCUT2D eigenvalue weighted by Gasteiger charge is 2.15. The molecule has 0 spiro atoms. The summed E-state index contributed by atoms with van der Waals surface area (Å²) in [7, 11) is 0. The first-order chi connectivity index (χ1) is 19.1. The summed E-state index contributed by atoms with van der Waals surface area (Å²) in [6.07, 6.45) is 3.24. The second kappa shape index (κ2) is 10.9. The first-order valence-electron chi connectivity index (χ1n) is 13.2. The molecule has 6 rings (SSSR count). The van der Waals surface area contributed by atoms with Crippen LogP contribution in [0, 0.1) is 6.92 Å². The van der Waals surface area contributed by atoms with Crippen LogP contribution in [0.15, 0.2) is 85.2 Å². The zero-order valence-corrected chi connectivity index (χ0v) is 21.8. The Hall–Kier alpha value is -4.17. The van der Waals surface area contributed by atoms with E-state index < -0.39 is 6.10 Å². The lowest BCUT2D eigenvalue weighted by Gasteiger charge is -2.19. The van der Waals surface area contributed by atoms with Crippen molar-refractivity contribution in [1.29, 1.82) is 0 Å². The third-order valence-electron chi connectivity index (χ3n) is 7.18. The number of nitrogens with zero attached hydrogens (tertiary/aromatic N) is 2. The molecule has 5 aromatic rings. The molecule has 1 atom stereocenters. The number of aliphatic hydroxyl groups excluding tert-OH is 2. The van der Waals surface area contributed by atoms with Gasteiger partial charge in [-0.05, 0) is 64.6 Å². The topological polar surface area (TPSA) is 88.2 Å². The van der Waals surface area contributed by atoms with Crippen molar-refractivity contribution < 1.29 is 19.7 Å². The highest BCUT2D eigenvalue weighted by molar-refractivity contribution is 5.80. The van der Waals surface area contributed by atoms with Gasteiger partial charge in [0, 0.05) is 24.8 Å². The van der Waals surface area contributed by atoms with Crippen molar-refractivity contribution in [2.75, 3.05) is 26.4 Å². The predicted molar refractivity (Wildman–Crippen MR) is 152 cm³/mol. The van der Waals surface area contributed by atoms with Crippen LogP contribution >= 0.6 is 0 Å². The van der Waals surface area contributed by atoms with Crippen molar-refractivity contribution in [3.63, 3.8) is 0 Å². The molecule has 198 valence electrons. The van der Waals surface area contributed by atoms with Crippen molar-refractivity contribution in [1.82, 2.24) is 14.7 Å². The monoisotopic (exact) mass is 521 g/mol. The lowest BCUT2D eigenvalue weighted by Crippen LogP contribution is -2.28. The molecule has 0 aliphatic carbocycles. The summed E-state index contributed by atoms with van der Waals surface area (Å²) >= 11 is 0. The first kappa shape index (κ1) is 25.1. The number of nitrogens with one attached hydrogen (secondary N) is 1.